The molecule has 0 saturated carbocycles. The number of ether oxygens (including phenoxy) is 1. The van der Waals surface area contributed by atoms with E-state index in [4.69, 9.17) is 19.7 Å². The third-order valence-electron chi connectivity index (χ3n) is 6.36. The molecule has 2 saturated heterocycles. The zero-order chi connectivity index (χ0) is 23.0. The van der Waals surface area contributed by atoms with Crippen LogP contribution in [0.2, 0.25) is 0 Å². The molecule has 1 aromatic carbocycles. The summed E-state index contributed by atoms with van der Waals surface area (Å²) in [6, 6.07) is 7.98. The van der Waals surface area contributed by atoms with Crippen LogP contribution in [0.1, 0.15) is 64.4 Å². The van der Waals surface area contributed by atoms with Gasteiger partial charge >= 0.3 is 0 Å². The quantitative estimate of drug-likeness (QED) is 0.432. The van der Waals surface area contributed by atoms with Crippen LogP contribution in [0.15, 0.2) is 29.4 Å². The lowest BCUT2D eigenvalue weighted by atomic mass is 10.1. The Kier molecular flexibility index (Phi) is 7.96. The van der Waals surface area contributed by atoms with Crippen molar-refractivity contribution in [2.24, 2.45) is 5.10 Å². The number of hydrazone groups is 1. The van der Waals surface area contributed by atoms with Gasteiger partial charge in [0.1, 0.15) is 5.75 Å². The van der Waals surface area contributed by atoms with E-state index in [1.165, 1.54) is 38.5 Å². The molecule has 2 fully saturated rings. The number of para-hydroxylation sites is 1. The van der Waals surface area contributed by atoms with Crippen LogP contribution in [0.25, 0.3) is 0 Å². The van der Waals surface area contributed by atoms with Crippen molar-refractivity contribution in [1.82, 2.24) is 15.0 Å². The Bertz CT molecular complexity index is 886. The fraction of sp³-hybridized carbons (Fsp3) is 0.600. The van der Waals surface area contributed by atoms with Crippen molar-refractivity contribution in [1.29, 1.82) is 0 Å². The summed E-state index contributed by atoms with van der Waals surface area (Å²) < 4.78 is 6.07. The van der Waals surface area contributed by atoms with Gasteiger partial charge in [-0.3, -0.25) is 0 Å². The molecule has 0 bridgehead atoms. The third kappa shape index (κ3) is 6.12. The van der Waals surface area contributed by atoms with Crippen LogP contribution < -0.4 is 19.5 Å². The maximum atomic E-state index is 6.07. The van der Waals surface area contributed by atoms with Gasteiger partial charge in [0.15, 0.2) is 0 Å². The molecule has 3 heterocycles. The van der Waals surface area contributed by atoms with Crippen molar-refractivity contribution in [3.8, 4) is 5.75 Å². The number of rotatable bonds is 8. The van der Waals surface area contributed by atoms with Crippen molar-refractivity contribution in [3.05, 3.63) is 29.8 Å². The second kappa shape index (κ2) is 11.3. The highest BCUT2D eigenvalue weighted by Crippen LogP contribution is 2.24. The number of anilines is 3. The first kappa shape index (κ1) is 23.3. The molecule has 2 aliphatic heterocycles. The molecule has 0 amide bonds. The highest BCUT2D eigenvalue weighted by Gasteiger charge is 2.21. The van der Waals surface area contributed by atoms with Crippen LogP contribution in [-0.4, -0.2) is 60.5 Å². The number of piperidine rings is 2. The van der Waals surface area contributed by atoms with Crippen LogP contribution in [0.5, 0.6) is 5.75 Å². The molecule has 2 aromatic rings. The summed E-state index contributed by atoms with van der Waals surface area (Å²) in [7, 11) is 1.89. The van der Waals surface area contributed by atoms with E-state index in [0.717, 1.165) is 55.8 Å². The summed E-state index contributed by atoms with van der Waals surface area (Å²) in [6.45, 7) is 8.18. The second-order valence-corrected chi connectivity index (χ2v) is 8.97. The Labute approximate surface area is 197 Å². The first-order valence-electron chi connectivity index (χ1n) is 12.4. The largest absolute Gasteiger partial charge is 0.490 e. The van der Waals surface area contributed by atoms with Crippen LogP contribution in [0, 0.1) is 0 Å². The number of nitrogens with zero attached hydrogens (tertiary/aromatic N) is 7. The summed E-state index contributed by atoms with van der Waals surface area (Å²) in [5.74, 6) is 2.94. The average Bonchev–Trinajstić information content (AvgIpc) is 2.88. The molecular formula is C25H37N7O. The van der Waals surface area contributed by atoms with E-state index in [1.54, 1.807) is 5.01 Å². The molecule has 0 spiro atoms. The molecule has 0 unspecified atom stereocenters. The molecule has 4 rings (SSSR count). The molecular weight excluding hydrogens is 414 g/mol. The summed E-state index contributed by atoms with van der Waals surface area (Å²) in [5, 5.41) is 6.41. The maximum absolute atomic E-state index is 6.07. The van der Waals surface area contributed by atoms with E-state index in [9.17, 15) is 0 Å². The summed E-state index contributed by atoms with van der Waals surface area (Å²) >= 11 is 0. The molecule has 8 heteroatoms. The van der Waals surface area contributed by atoms with Gasteiger partial charge in [-0.15, -0.1) is 0 Å². The SMILES string of the molecule is CC[C@@H](C)Oc1ccccc1/C=N\N(C)c1nc(N2CCCCC2)nc(N2CCCCC2)n1. The molecule has 1 aromatic heterocycles. The molecule has 8 nitrogen and oxygen atoms in total. The Morgan fingerprint density at radius 3 is 2.09 bits per heavy atom. The van der Waals surface area contributed by atoms with Gasteiger partial charge in [-0.1, -0.05) is 19.1 Å². The zero-order valence-electron chi connectivity index (χ0n) is 20.3. The third-order valence-corrected chi connectivity index (χ3v) is 6.36. The van der Waals surface area contributed by atoms with E-state index >= 15 is 0 Å². The summed E-state index contributed by atoms with van der Waals surface area (Å²) in [6.07, 6.45) is 10.2. The molecule has 33 heavy (non-hydrogen) atoms. The highest BCUT2D eigenvalue weighted by atomic mass is 16.5. The Morgan fingerprint density at radius 2 is 1.52 bits per heavy atom. The molecule has 0 N–H and O–H groups in total. The topological polar surface area (TPSA) is 70.0 Å². The van der Waals surface area contributed by atoms with Gasteiger partial charge in [0, 0.05) is 38.8 Å². The molecule has 1 atom stereocenters. The number of aromatic nitrogens is 3. The van der Waals surface area contributed by atoms with Crippen molar-refractivity contribution in [2.45, 2.75) is 64.9 Å². The van der Waals surface area contributed by atoms with Gasteiger partial charge in [0.05, 0.1) is 12.3 Å². The monoisotopic (exact) mass is 451 g/mol. The fourth-order valence-electron chi connectivity index (χ4n) is 4.15. The minimum absolute atomic E-state index is 0.153. The van der Waals surface area contributed by atoms with E-state index in [1.807, 2.05) is 37.5 Å². The van der Waals surface area contributed by atoms with Gasteiger partial charge in [-0.25, -0.2) is 5.01 Å². The maximum Gasteiger partial charge on any atom is 0.252 e. The van der Waals surface area contributed by atoms with Crippen LogP contribution in [-0.2, 0) is 0 Å². The average molecular weight is 452 g/mol. The van der Waals surface area contributed by atoms with Gasteiger partial charge in [-0.05, 0) is 64.0 Å². The lowest BCUT2D eigenvalue weighted by Crippen LogP contribution is -2.35. The fourth-order valence-corrected chi connectivity index (χ4v) is 4.15. The number of benzene rings is 1. The molecule has 178 valence electrons. The lowest BCUT2D eigenvalue weighted by molar-refractivity contribution is 0.217. The van der Waals surface area contributed by atoms with Gasteiger partial charge in [0.25, 0.3) is 5.95 Å². The van der Waals surface area contributed by atoms with Crippen molar-refractivity contribution in [3.63, 3.8) is 0 Å². The van der Waals surface area contributed by atoms with E-state index in [2.05, 4.69) is 28.7 Å². The first-order chi connectivity index (χ1) is 16.1. The first-order valence-corrected chi connectivity index (χ1v) is 12.4. The van der Waals surface area contributed by atoms with E-state index in [0.29, 0.717) is 5.95 Å². The standard InChI is InChI=1S/C25H37N7O/c1-4-20(2)33-22-14-8-7-13-21(22)19-26-30(3)23-27-24(31-15-9-5-10-16-31)29-25(28-23)32-17-11-6-12-18-32/h7-8,13-14,19-20H,4-6,9-12,15-18H2,1-3H3/b26-19-/t20-/m1/s1. The molecule has 2 aliphatic rings. The lowest BCUT2D eigenvalue weighted by Gasteiger charge is -2.30. The summed E-state index contributed by atoms with van der Waals surface area (Å²) in [5.41, 5.74) is 0.936. The number of hydrogen-bond donors (Lipinski definition) is 0. The van der Waals surface area contributed by atoms with Crippen molar-refractivity contribution < 1.29 is 4.74 Å². The minimum Gasteiger partial charge on any atom is -0.490 e. The predicted molar refractivity (Wildman–Crippen MR) is 135 cm³/mol. The Morgan fingerprint density at radius 1 is 0.939 bits per heavy atom. The molecule has 0 radical (unpaired) electrons. The van der Waals surface area contributed by atoms with Crippen LogP contribution in [0.3, 0.4) is 0 Å². The molecule has 0 aliphatic carbocycles. The van der Waals surface area contributed by atoms with Gasteiger partial charge < -0.3 is 14.5 Å². The van der Waals surface area contributed by atoms with Crippen LogP contribution >= 0.6 is 0 Å². The van der Waals surface area contributed by atoms with E-state index < -0.39 is 0 Å². The minimum atomic E-state index is 0.153. The highest BCUT2D eigenvalue weighted by molar-refractivity contribution is 5.84. The zero-order valence-corrected chi connectivity index (χ0v) is 20.3. The van der Waals surface area contributed by atoms with Crippen LogP contribution in [0.4, 0.5) is 17.8 Å². The predicted octanol–water partition coefficient (Wildman–Crippen LogP) is 4.50. The normalized spacial score (nSPS) is 17.9. The number of hydrogen-bond acceptors (Lipinski definition) is 8. The van der Waals surface area contributed by atoms with Crippen molar-refractivity contribution >= 4 is 24.1 Å². The van der Waals surface area contributed by atoms with Crippen molar-refractivity contribution in [2.75, 3.05) is 48.0 Å². The second-order valence-electron chi connectivity index (χ2n) is 8.97. The Balaban J connectivity index is 1.59. The Hall–Kier alpha value is -2.90. The summed E-state index contributed by atoms with van der Waals surface area (Å²) in [4.78, 5) is 19.1. The smallest absolute Gasteiger partial charge is 0.252 e. The van der Waals surface area contributed by atoms with E-state index in [-0.39, 0.29) is 6.10 Å². The van der Waals surface area contributed by atoms with Gasteiger partial charge in [0.2, 0.25) is 11.9 Å². The van der Waals surface area contributed by atoms with Gasteiger partial charge in [-0.2, -0.15) is 20.1 Å².